The molecule has 4 heteroatoms. The topological polar surface area (TPSA) is 46.3 Å². The fourth-order valence-corrected chi connectivity index (χ4v) is 1.84. The summed E-state index contributed by atoms with van der Waals surface area (Å²) in [5, 5.41) is 9.02. The standard InChI is InChI=1S/C12H13NO2S/c1-8-11(7-14)15-12(13-8)9-3-5-10(16-2)6-4-9/h3-6,14H,7H2,1-2H3. The highest BCUT2D eigenvalue weighted by molar-refractivity contribution is 7.98. The molecule has 16 heavy (non-hydrogen) atoms. The molecule has 1 aromatic heterocycles. The maximum atomic E-state index is 9.02. The molecular formula is C12H13NO2S. The quantitative estimate of drug-likeness (QED) is 0.831. The number of rotatable bonds is 3. The third-order valence-electron chi connectivity index (χ3n) is 2.37. The molecule has 0 atom stereocenters. The van der Waals surface area contributed by atoms with Crippen LogP contribution in [0.3, 0.4) is 0 Å². The molecule has 2 aromatic rings. The summed E-state index contributed by atoms with van der Waals surface area (Å²) >= 11 is 1.69. The lowest BCUT2D eigenvalue weighted by molar-refractivity contribution is 0.247. The van der Waals surface area contributed by atoms with Gasteiger partial charge >= 0.3 is 0 Å². The molecule has 0 spiro atoms. The van der Waals surface area contributed by atoms with Gasteiger partial charge < -0.3 is 9.52 Å². The summed E-state index contributed by atoms with van der Waals surface area (Å²) in [6, 6.07) is 7.99. The Bertz CT molecular complexity index is 476. The van der Waals surface area contributed by atoms with Crippen molar-refractivity contribution in [2.45, 2.75) is 18.4 Å². The number of aliphatic hydroxyl groups is 1. The van der Waals surface area contributed by atoms with Crippen LogP contribution in [0.25, 0.3) is 11.5 Å². The number of benzene rings is 1. The van der Waals surface area contributed by atoms with E-state index in [0.717, 1.165) is 11.3 Å². The van der Waals surface area contributed by atoms with Gasteiger partial charge in [0.2, 0.25) is 5.89 Å². The number of hydrogen-bond donors (Lipinski definition) is 1. The fraction of sp³-hybridized carbons (Fsp3) is 0.250. The van der Waals surface area contributed by atoms with Crippen LogP contribution < -0.4 is 0 Å². The van der Waals surface area contributed by atoms with E-state index in [9.17, 15) is 0 Å². The van der Waals surface area contributed by atoms with Crippen LogP contribution in [0.1, 0.15) is 11.5 Å². The average Bonchev–Trinajstić information content (AvgIpc) is 2.71. The molecule has 0 aliphatic heterocycles. The number of hydrogen-bond acceptors (Lipinski definition) is 4. The van der Waals surface area contributed by atoms with Crippen LogP contribution in [-0.4, -0.2) is 16.3 Å². The first-order valence-electron chi connectivity index (χ1n) is 4.96. The predicted octanol–water partition coefficient (Wildman–Crippen LogP) is 2.86. The zero-order valence-electron chi connectivity index (χ0n) is 9.23. The minimum absolute atomic E-state index is 0.109. The van der Waals surface area contributed by atoms with Gasteiger partial charge in [-0.15, -0.1) is 11.8 Å². The molecule has 0 unspecified atom stereocenters. The average molecular weight is 235 g/mol. The van der Waals surface area contributed by atoms with Crippen molar-refractivity contribution in [3.63, 3.8) is 0 Å². The molecule has 0 fully saturated rings. The van der Waals surface area contributed by atoms with E-state index in [1.807, 2.05) is 37.4 Å². The molecule has 0 aliphatic carbocycles. The van der Waals surface area contributed by atoms with Gasteiger partial charge in [0.15, 0.2) is 5.76 Å². The van der Waals surface area contributed by atoms with E-state index in [2.05, 4.69) is 4.98 Å². The number of nitrogens with zero attached hydrogens (tertiary/aromatic N) is 1. The zero-order valence-corrected chi connectivity index (χ0v) is 10.0. The van der Waals surface area contributed by atoms with Gasteiger partial charge in [-0.1, -0.05) is 0 Å². The first-order valence-corrected chi connectivity index (χ1v) is 6.18. The molecule has 0 bridgehead atoms. The Balaban J connectivity index is 2.34. The number of aliphatic hydroxyl groups excluding tert-OH is 1. The van der Waals surface area contributed by atoms with E-state index >= 15 is 0 Å². The van der Waals surface area contributed by atoms with Crippen LogP contribution in [0, 0.1) is 6.92 Å². The molecule has 3 nitrogen and oxygen atoms in total. The Kier molecular flexibility index (Phi) is 3.31. The second-order valence-corrected chi connectivity index (χ2v) is 4.29. The first kappa shape index (κ1) is 11.2. The van der Waals surface area contributed by atoms with Gasteiger partial charge in [0.25, 0.3) is 0 Å². The van der Waals surface area contributed by atoms with Gasteiger partial charge in [0.1, 0.15) is 6.61 Å². The van der Waals surface area contributed by atoms with E-state index in [-0.39, 0.29) is 6.61 Å². The van der Waals surface area contributed by atoms with Crippen molar-refractivity contribution < 1.29 is 9.52 Å². The van der Waals surface area contributed by atoms with Crippen LogP contribution in [0.4, 0.5) is 0 Å². The Morgan fingerprint density at radius 2 is 2.00 bits per heavy atom. The molecule has 1 N–H and O–H groups in total. The van der Waals surface area contributed by atoms with Crippen molar-refractivity contribution in [3.05, 3.63) is 35.7 Å². The molecule has 0 saturated heterocycles. The fourth-order valence-electron chi connectivity index (χ4n) is 1.43. The molecule has 0 saturated carbocycles. The molecule has 0 amide bonds. The Labute approximate surface area is 98.5 Å². The molecular weight excluding hydrogens is 222 g/mol. The largest absolute Gasteiger partial charge is 0.438 e. The summed E-state index contributed by atoms with van der Waals surface area (Å²) in [6.45, 7) is 1.72. The second kappa shape index (κ2) is 4.72. The predicted molar refractivity (Wildman–Crippen MR) is 64.4 cm³/mol. The minimum atomic E-state index is -0.109. The van der Waals surface area contributed by atoms with Crippen LogP contribution in [0.5, 0.6) is 0 Å². The number of thioether (sulfide) groups is 1. The zero-order chi connectivity index (χ0) is 11.5. The molecule has 1 aromatic carbocycles. The molecule has 1 heterocycles. The van der Waals surface area contributed by atoms with Crippen LogP contribution >= 0.6 is 11.8 Å². The summed E-state index contributed by atoms with van der Waals surface area (Å²) in [4.78, 5) is 5.48. The molecule has 84 valence electrons. The monoisotopic (exact) mass is 235 g/mol. The smallest absolute Gasteiger partial charge is 0.226 e. The van der Waals surface area contributed by atoms with Crippen molar-refractivity contribution in [3.8, 4) is 11.5 Å². The van der Waals surface area contributed by atoms with Crippen molar-refractivity contribution in [1.82, 2.24) is 4.98 Å². The van der Waals surface area contributed by atoms with E-state index in [1.54, 1.807) is 11.8 Å². The van der Waals surface area contributed by atoms with Gasteiger partial charge in [-0.25, -0.2) is 4.98 Å². The minimum Gasteiger partial charge on any atom is -0.438 e. The summed E-state index contributed by atoms with van der Waals surface area (Å²) in [6.07, 6.45) is 2.04. The second-order valence-electron chi connectivity index (χ2n) is 3.41. The number of aryl methyl sites for hydroxylation is 1. The highest BCUT2D eigenvalue weighted by atomic mass is 32.2. The SMILES string of the molecule is CSc1ccc(-c2nc(C)c(CO)o2)cc1. The van der Waals surface area contributed by atoms with E-state index in [4.69, 9.17) is 9.52 Å². The third-order valence-corrected chi connectivity index (χ3v) is 3.12. The first-order chi connectivity index (χ1) is 7.74. The molecule has 0 radical (unpaired) electrons. The van der Waals surface area contributed by atoms with Crippen molar-refractivity contribution in [2.24, 2.45) is 0 Å². The normalized spacial score (nSPS) is 10.7. The number of oxazole rings is 1. The van der Waals surface area contributed by atoms with E-state index in [0.29, 0.717) is 11.7 Å². The lowest BCUT2D eigenvalue weighted by atomic mass is 10.2. The third kappa shape index (κ3) is 2.13. The number of aromatic nitrogens is 1. The maximum absolute atomic E-state index is 9.02. The highest BCUT2D eigenvalue weighted by Crippen LogP contribution is 2.24. The van der Waals surface area contributed by atoms with Gasteiger partial charge in [-0.3, -0.25) is 0 Å². The van der Waals surface area contributed by atoms with Crippen LogP contribution in [0.2, 0.25) is 0 Å². The lowest BCUT2D eigenvalue weighted by Crippen LogP contribution is -1.81. The maximum Gasteiger partial charge on any atom is 0.226 e. The molecule has 2 rings (SSSR count). The van der Waals surface area contributed by atoms with Gasteiger partial charge in [0, 0.05) is 10.5 Å². The van der Waals surface area contributed by atoms with Gasteiger partial charge in [-0.05, 0) is 37.4 Å². The summed E-state index contributed by atoms with van der Waals surface area (Å²) in [5.41, 5.74) is 1.67. The van der Waals surface area contributed by atoms with Crippen LogP contribution in [-0.2, 0) is 6.61 Å². The van der Waals surface area contributed by atoms with Gasteiger partial charge in [-0.2, -0.15) is 0 Å². The Morgan fingerprint density at radius 1 is 1.31 bits per heavy atom. The van der Waals surface area contributed by atoms with Crippen molar-refractivity contribution in [1.29, 1.82) is 0 Å². The summed E-state index contributed by atoms with van der Waals surface area (Å²) in [5.74, 6) is 1.10. The van der Waals surface area contributed by atoms with Gasteiger partial charge in [0.05, 0.1) is 5.69 Å². The van der Waals surface area contributed by atoms with E-state index < -0.39 is 0 Å². The van der Waals surface area contributed by atoms with Crippen LogP contribution in [0.15, 0.2) is 33.6 Å². The van der Waals surface area contributed by atoms with Crippen molar-refractivity contribution >= 4 is 11.8 Å². The highest BCUT2D eigenvalue weighted by Gasteiger charge is 2.10. The lowest BCUT2D eigenvalue weighted by Gasteiger charge is -1.97. The van der Waals surface area contributed by atoms with E-state index in [1.165, 1.54) is 4.90 Å². The summed E-state index contributed by atoms with van der Waals surface area (Å²) in [7, 11) is 0. The van der Waals surface area contributed by atoms with Crippen molar-refractivity contribution in [2.75, 3.05) is 6.26 Å². The summed E-state index contributed by atoms with van der Waals surface area (Å²) < 4.78 is 5.46. The Hall–Kier alpha value is -1.26. The molecule has 0 aliphatic rings. The Morgan fingerprint density at radius 3 is 2.50 bits per heavy atom.